The zero-order chi connectivity index (χ0) is 13.7. The van der Waals surface area contributed by atoms with E-state index in [2.05, 4.69) is 20.3 Å². The second kappa shape index (κ2) is 6.15. The molecule has 0 atom stereocenters. The summed E-state index contributed by atoms with van der Waals surface area (Å²) in [7, 11) is 1.30. The van der Waals surface area contributed by atoms with Gasteiger partial charge in [-0.1, -0.05) is 29.8 Å². The number of anilines is 1. The molecule has 0 saturated heterocycles. The summed E-state index contributed by atoms with van der Waals surface area (Å²) in [5.41, 5.74) is 1.13. The summed E-state index contributed by atoms with van der Waals surface area (Å²) < 4.78 is 4.54. The van der Waals surface area contributed by atoms with Crippen LogP contribution in [0, 0.1) is 0 Å². The summed E-state index contributed by atoms with van der Waals surface area (Å²) in [5, 5.41) is 11.4. The van der Waals surface area contributed by atoms with Crippen LogP contribution < -0.4 is 5.32 Å². The maximum atomic E-state index is 11.2. The first-order valence-corrected chi connectivity index (χ1v) is 5.98. The van der Waals surface area contributed by atoms with Crippen LogP contribution in [0.5, 0.6) is 0 Å². The third kappa shape index (κ3) is 3.42. The molecular weight excluding hydrogens is 266 g/mol. The van der Waals surface area contributed by atoms with Crippen LogP contribution in [0.15, 0.2) is 36.4 Å². The van der Waals surface area contributed by atoms with E-state index in [4.69, 9.17) is 11.6 Å². The molecule has 0 spiro atoms. The minimum atomic E-state index is -0.509. The quantitative estimate of drug-likeness (QED) is 0.870. The molecule has 0 aliphatic heterocycles. The van der Waals surface area contributed by atoms with Crippen LogP contribution in [0.2, 0.25) is 5.02 Å². The molecule has 5 nitrogen and oxygen atoms in total. The van der Waals surface area contributed by atoms with Crippen molar-refractivity contribution in [3.63, 3.8) is 0 Å². The van der Waals surface area contributed by atoms with Crippen LogP contribution in [-0.4, -0.2) is 23.3 Å². The van der Waals surface area contributed by atoms with E-state index < -0.39 is 5.97 Å². The highest BCUT2D eigenvalue weighted by molar-refractivity contribution is 6.31. The van der Waals surface area contributed by atoms with E-state index in [1.807, 2.05) is 24.3 Å². The zero-order valence-electron chi connectivity index (χ0n) is 10.3. The lowest BCUT2D eigenvalue weighted by Crippen LogP contribution is -2.08. The minimum absolute atomic E-state index is 0.172. The first-order valence-electron chi connectivity index (χ1n) is 5.60. The highest BCUT2D eigenvalue weighted by Gasteiger charge is 2.07. The van der Waals surface area contributed by atoms with Crippen molar-refractivity contribution in [1.29, 1.82) is 0 Å². The number of carbonyl (C=O) groups is 1. The summed E-state index contributed by atoms with van der Waals surface area (Å²) in [6.07, 6.45) is 0. The van der Waals surface area contributed by atoms with Gasteiger partial charge in [0, 0.05) is 11.6 Å². The maximum absolute atomic E-state index is 11.2. The summed E-state index contributed by atoms with van der Waals surface area (Å²) in [4.78, 5) is 11.2. The number of benzene rings is 1. The summed E-state index contributed by atoms with van der Waals surface area (Å²) in [5.74, 6) is 0.0535. The fraction of sp³-hybridized carbons (Fsp3) is 0.154. The van der Waals surface area contributed by atoms with Gasteiger partial charge in [0.15, 0.2) is 5.69 Å². The number of halogens is 1. The predicted molar refractivity (Wildman–Crippen MR) is 72.2 cm³/mol. The molecule has 0 radical (unpaired) electrons. The van der Waals surface area contributed by atoms with Crippen molar-refractivity contribution >= 4 is 23.4 Å². The highest BCUT2D eigenvalue weighted by Crippen LogP contribution is 2.16. The molecule has 1 aromatic heterocycles. The van der Waals surface area contributed by atoms with Crippen molar-refractivity contribution in [1.82, 2.24) is 10.2 Å². The van der Waals surface area contributed by atoms with E-state index >= 15 is 0 Å². The number of esters is 1. The van der Waals surface area contributed by atoms with E-state index in [0.717, 1.165) is 5.56 Å². The summed E-state index contributed by atoms with van der Waals surface area (Å²) >= 11 is 6.04. The number of aromatic nitrogens is 2. The van der Waals surface area contributed by atoms with Crippen molar-refractivity contribution in [3.8, 4) is 0 Å². The fourth-order valence-electron chi connectivity index (χ4n) is 1.47. The van der Waals surface area contributed by atoms with Gasteiger partial charge < -0.3 is 10.1 Å². The predicted octanol–water partition coefficient (Wildman–Crippen LogP) is 2.53. The van der Waals surface area contributed by atoms with Gasteiger partial charge in [-0.2, -0.15) is 0 Å². The number of nitrogens with one attached hydrogen (secondary N) is 1. The molecule has 1 aromatic carbocycles. The first kappa shape index (κ1) is 13.3. The molecule has 0 bridgehead atoms. The Labute approximate surface area is 115 Å². The molecule has 98 valence electrons. The second-order valence-corrected chi connectivity index (χ2v) is 4.15. The molecule has 0 amide bonds. The van der Waals surface area contributed by atoms with Crippen LogP contribution in [0.3, 0.4) is 0 Å². The minimum Gasteiger partial charge on any atom is -0.464 e. The van der Waals surface area contributed by atoms with E-state index in [0.29, 0.717) is 17.4 Å². The number of hydrogen-bond donors (Lipinski definition) is 1. The lowest BCUT2D eigenvalue weighted by Gasteiger charge is -2.06. The highest BCUT2D eigenvalue weighted by atomic mass is 35.5. The van der Waals surface area contributed by atoms with Gasteiger partial charge in [0.2, 0.25) is 0 Å². The average molecular weight is 278 g/mol. The number of carbonyl (C=O) groups excluding carboxylic acids is 1. The number of ether oxygens (including phenoxy) is 1. The molecular formula is C13H12ClN3O2. The smallest absolute Gasteiger partial charge is 0.358 e. The molecule has 1 N–H and O–H groups in total. The Bertz CT molecular complexity index is 572. The third-order valence-electron chi connectivity index (χ3n) is 2.48. The molecule has 0 unspecified atom stereocenters. The van der Waals surface area contributed by atoms with Gasteiger partial charge in [0.25, 0.3) is 0 Å². The van der Waals surface area contributed by atoms with Gasteiger partial charge in [0.1, 0.15) is 5.82 Å². The molecule has 0 fully saturated rings. The summed E-state index contributed by atoms with van der Waals surface area (Å²) in [6, 6.07) is 10.7. The lowest BCUT2D eigenvalue weighted by molar-refractivity contribution is 0.0593. The van der Waals surface area contributed by atoms with Crippen molar-refractivity contribution in [3.05, 3.63) is 52.7 Å². The lowest BCUT2D eigenvalue weighted by atomic mass is 10.2. The normalized spacial score (nSPS) is 10.0. The zero-order valence-corrected chi connectivity index (χ0v) is 11.0. The van der Waals surface area contributed by atoms with Crippen molar-refractivity contribution in [2.24, 2.45) is 0 Å². The standard InChI is InChI=1S/C13H12ClN3O2/c1-19-13(18)11-6-7-12(17-16-11)15-8-9-4-2-3-5-10(9)14/h2-7H,8H2,1H3,(H,15,17). The monoisotopic (exact) mass is 277 g/mol. The van der Waals surface area contributed by atoms with Gasteiger partial charge in [-0.3, -0.25) is 0 Å². The SMILES string of the molecule is COC(=O)c1ccc(NCc2ccccc2Cl)nn1. The van der Waals surface area contributed by atoms with Gasteiger partial charge in [-0.05, 0) is 23.8 Å². The van der Waals surface area contributed by atoms with Crippen LogP contribution in [0.25, 0.3) is 0 Å². The van der Waals surface area contributed by atoms with Gasteiger partial charge in [-0.15, -0.1) is 10.2 Å². The molecule has 2 rings (SSSR count). The van der Waals surface area contributed by atoms with Gasteiger partial charge in [-0.25, -0.2) is 4.79 Å². The molecule has 1 heterocycles. The molecule has 2 aromatic rings. The average Bonchev–Trinajstić information content (AvgIpc) is 2.46. The van der Waals surface area contributed by atoms with E-state index in [1.54, 1.807) is 12.1 Å². The Balaban J connectivity index is 2.01. The number of nitrogens with zero attached hydrogens (tertiary/aromatic N) is 2. The van der Waals surface area contributed by atoms with Crippen LogP contribution in [0.1, 0.15) is 16.1 Å². The van der Waals surface area contributed by atoms with Crippen LogP contribution in [-0.2, 0) is 11.3 Å². The molecule has 0 aliphatic carbocycles. The molecule has 0 aliphatic rings. The first-order chi connectivity index (χ1) is 9.20. The Morgan fingerprint density at radius 2 is 2.05 bits per heavy atom. The fourth-order valence-corrected chi connectivity index (χ4v) is 1.67. The molecule has 19 heavy (non-hydrogen) atoms. The Morgan fingerprint density at radius 1 is 1.26 bits per heavy atom. The van der Waals surface area contributed by atoms with Crippen LogP contribution >= 0.6 is 11.6 Å². The van der Waals surface area contributed by atoms with Crippen molar-refractivity contribution in [2.75, 3.05) is 12.4 Å². The topological polar surface area (TPSA) is 64.1 Å². The third-order valence-corrected chi connectivity index (χ3v) is 2.85. The van der Waals surface area contributed by atoms with Gasteiger partial charge >= 0.3 is 5.97 Å². The second-order valence-electron chi connectivity index (χ2n) is 3.74. The molecule has 0 saturated carbocycles. The summed E-state index contributed by atoms with van der Waals surface area (Å²) in [6.45, 7) is 0.534. The Morgan fingerprint density at radius 3 is 2.68 bits per heavy atom. The maximum Gasteiger partial charge on any atom is 0.358 e. The van der Waals surface area contributed by atoms with E-state index in [1.165, 1.54) is 7.11 Å². The Kier molecular flexibility index (Phi) is 4.30. The Hall–Kier alpha value is -2.14. The van der Waals surface area contributed by atoms with Crippen molar-refractivity contribution in [2.45, 2.75) is 6.54 Å². The largest absolute Gasteiger partial charge is 0.464 e. The van der Waals surface area contributed by atoms with Gasteiger partial charge in [0.05, 0.1) is 7.11 Å². The van der Waals surface area contributed by atoms with E-state index in [9.17, 15) is 4.79 Å². The van der Waals surface area contributed by atoms with Crippen LogP contribution in [0.4, 0.5) is 5.82 Å². The number of hydrogen-bond acceptors (Lipinski definition) is 5. The van der Waals surface area contributed by atoms with Crippen molar-refractivity contribution < 1.29 is 9.53 Å². The molecule has 6 heteroatoms. The number of methoxy groups -OCH3 is 1. The van der Waals surface area contributed by atoms with E-state index in [-0.39, 0.29) is 5.69 Å². The number of rotatable bonds is 4.